The Morgan fingerprint density at radius 2 is 2.41 bits per heavy atom. The number of piperidine rings is 1. The van der Waals surface area contributed by atoms with Gasteiger partial charge >= 0.3 is 0 Å². The number of aromatic amines is 1. The molecular weight excluding hydrogens is 375 g/mol. The minimum absolute atomic E-state index is 0.0575. The highest BCUT2D eigenvalue weighted by atomic mass is 19.1. The summed E-state index contributed by atoms with van der Waals surface area (Å²) < 4.78 is 20.9. The number of halogens is 1. The van der Waals surface area contributed by atoms with Crippen molar-refractivity contribution in [1.29, 1.82) is 0 Å². The van der Waals surface area contributed by atoms with Crippen LogP contribution in [0.3, 0.4) is 0 Å². The molecule has 29 heavy (non-hydrogen) atoms. The summed E-state index contributed by atoms with van der Waals surface area (Å²) in [5.74, 6) is -0.442. The molecule has 1 amide bonds. The molecule has 0 spiro atoms. The Morgan fingerprint density at radius 3 is 3.21 bits per heavy atom. The van der Waals surface area contributed by atoms with Crippen molar-refractivity contribution in [3.8, 4) is 0 Å². The smallest absolute Gasteiger partial charge is 0.276 e. The number of allylic oxidation sites excluding steroid dienone is 1. The number of nitrogens with zero attached hydrogens (tertiary/aromatic N) is 3. The van der Waals surface area contributed by atoms with Gasteiger partial charge in [-0.3, -0.25) is 9.89 Å². The number of rotatable bonds is 5. The molecule has 3 aliphatic rings. The van der Waals surface area contributed by atoms with E-state index in [0.29, 0.717) is 24.5 Å². The molecule has 4 rings (SSSR count). The van der Waals surface area contributed by atoms with Gasteiger partial charge in [0.15, 0.2) is 11.9 Å². The Balaban J connectivity index is 1.42. The van der Waals surface area contributed by atoms with Crippen LogP contribution in [0.25, 0.3) is 0 Å². The van der Waals surface area contributed by atoms with E-state index in [2.05, 4.69) is 32.9 Å². The van der Waals surface area contributed by atoms with E-state index in [1.54, 1.807) is 30.4 Å². The third-order valence-electron chi connectivity index (χ3n) is 5.90. The highest BCUT2D eigenvalue weighted by molar-refractivity contribution is 5.98. The van der Waals surface area contributed by atoms with Gasteiger partial charge in [0.25, 0.3) is 5.91 Å². The number of nitrogens with one attached hydrogen (secondary N) is 3. The van der Waals surface area contributed by atoms with Gasteiger partial charge in [-0.25, -0.2) is 4.39 Å². The molecule has 0 aromatic carbocycles. The van der Waals surface area contributed by atoms with Crippen LogP contribution >= 0.6 is 0 Å². The lowest BCUT2D eigenvalue weighted by atomic mass is 9.75. The first kappa shape index (κ1) is 19.9. The van der Waals surface area contributed by atoms with Crippen LogP contribution in [0, 0.1) is 11.3 Å². The number of alkyl halides is 1. The molecular formula is C20H28FN6O2+. The number of hydrogen-bond donors (Lipinski definition) is 3. The summed E-state index contributed by atoms with van der Waals surface area (Å²) in [5, 5.41) is 17.4. The molecule has 0 radical (unpaired) electrons. The van der Waals surface area contributed by atoms with Gasteiger partial charge in [-0.05, 0) is 42.7 Å². The second-order valence-electron chi connectivity index (χ2n) is 8.43. The van der Waals surface area contributed by atoms with E-state index in [0.717, 1.165) is 43.5 Å². The first-order valence-corrected chi connectivity index (χ1v) is 10.1. The number of carbonyl (C=O) groups excluding carboxylic acids is 1. The number of H-pyrrole nitrogens is 1. The van der Waals surface area contributed by atoms with Crippen molar-refractivity contribution >= 4 is 18.3 Å². The third kappa shape index (κ3) is 4.30. The maximum Gasteiger partial charge on any atom is 0.276 e. The van der Waals surface area contributed by atoms with Crippen LogP contribution in [0.2, 0.25) is 0 Å². The van der Waals surface area contributed by atoms with Crippen molar-refractivity contribution in [3.63, 3.8) is 0 Å². The lowest BCUT2D eigenvalue weighted by molar-refractivity contribution is -0.455. The largest absolute Gasteiger partial charge is 0.384 e. The van der Waals surface area contributed by atoms with Gasteiger partial charge in [0.2, 0.25) is 6.20 Å². The van der Waals surface area contributed by atoms with Crippen LogP contribution in [-0.4, -0.2) is 66.2 Å². The summed E-state index contributed by atoms with van der Waals surface area (Å²) in [6.45, 7) is 4.02. The Hall–Kier alpha value is -2.39. The molecule has 1 saturated heterocycles. The minimum Gasteiger partial charge on any atom is -0.384 e. The van der Waals surface area contributed by atoms with Crippen molar-refractivity contribution < 1.29 is 18.6 Å². The zero-order valence-corrected chi connectivity index (χ0v) is 16.9. The first-order valence-electron chi connectivity index (χ1n) is 10.1. The van der Waals surface area contributed by atoms with E-state index in [4.69, 9.17) is 4.74 Å². The van der Waals surface area contributed by atoms with Crippen molar-refractivity contribution in [2.24, 2.45) is 16.4 Å². The van der Waals surface area contributed by atoms with E-state index < -0.39 is 6.17 Å². The third-order valence-corrected chi connectivity index (χ3v) is 5.90. The lowest BCUT2D eigenvalue weighted by Crippen LogP contribution is -2.39. The van der Waals surface area contributed by atoms with Crippen molar-refractivity contribution in [1.82, 2.24) is 20.8 Å². The molecule has 1 aliphatic carbocycles. The molecule has 3 heterocycles. The molecule has 9 heteroatoms. The molecule has 1 aromatic heterocycles. The van der Waals surface area contributed by atoms with Gasteiger partial charge in [-0.2, -0.15) is 5.10 Å². The zero-order valence-electron chi connectivity index (χ0n) is 16.9. The second-order valence-corrected chi connectivity index (χ2v) is 8.43. The number of hydrogen-bond acceptors (Lipinski definition) is 5. The number of carbonyl (C=O) groups is 1. The molecule has 156 valence electrons. The Labute approximate surface area is 169 Å². The summed E-state index contributed by atoms with van der Waals surface area (Å²) in [5.41, 5.74) is 3.03. The summed E-state index contributed by atoms with van der Waals surface area (Å²) >= 11 is 0. The molecule has 8 nitrogen and oxygen atoms in total. The van der Waals surface area contributed by atoms with Gasteiger partial charge in [0, 0.05) is 24.9 Å². The highest BCUT2D eigenvalue weighted by Gasteiger charge is 2.34. The number of methoxy groups -OCH3 is 1. The average molecular weight is 403 g/mol. The quantitative estimate of drug-likeness (QED) is 0.643. The van der Waals surface area contributed by atoms with Crippen LogP contribution in [0.15, 0.2) is 17.0 Å². The van der Waals surface area contributed by atoms with Crippen LogP contribution in [-0.2, 0) is 17.6 Å². The number of fused-ring (bicyclic) bond motifs is 1. The molecule has 0 saturated carbocycles. The monoisotopic (exact) mass is 403 g/mol. The van der Waals surface area contributed by atoms with E-state index >= 15 is 0 Å². The van der Waals surface area contributed by atoms with Gasteiger partial charge in [0.1, 0.15) is 18.1 Å². The topological polar surface area (TPSA) is 94.4 Å². The SMILES string of the molecule is COC[C@@]1(C)CCc2c(C(=O)NC3=C/[N+](=C/C4CCNCC4F)N=C3)n[nH]c2C1. The van der Waals surface area contributed by atoms with Crippen LogP contribution in [0.1, 0.15) is 41.5 Å². The normalized spacial score (nSPS) is 30.3. The number of aromatic nitrogens is 2. The van der Waals surface area contributed by atoms with E-state index in [-0.39, 0.29) is 17.2 Å². The van der Waals surface area contributed by atoms with Crippen molar-refractivity contribution in [2.75, 3.05) is 26.8 Å². The summed E-state index contributed by atoms with van der Waals surface area (Å²) in [6, 6.07) is 0. The minimum atomic E-state index is -0.926. The second kappa shape index (κ2) is 8.16. The summed E-state index contributed by atoms with van der Waals surface area (Å²) in [4.78, 5) is 12.8. The van der Waals surface area contributed by atoms with Gasteiger partial charge in [0.05, 0.1) is 12.5 Å². The fourth-order valence-electron chi connectivity index (χ4n) is 4.30. The van der Waals surface area contributed by atoms with E-state index in [1.165, 1.54) is 0 Å². The van der Waals surface area contributed by atoms with Crippen molar-refractivity contribution in [2.45, 2.75) is 38.8 Å². The number of hydrazone groups is 1. The molecule has 2 aliphatic heterocycles. The lowest BCUT2D eigenvalue weighted by Gasteiger charge is -2.32. The predicted molar refractivity (Wildman–Crippen MR) is 107 cm³/mol. The molecule has 3 atom stereocenters. The molecule has 0 bridgehead atoms. The molecule has 2 unspecified atom stereocenters. The number of amides is 1. The maximum atomic E-state index is 14.0. The maximum absolute atomic E-state index is 14.0. The zero-order chi connectivity index (χ0) is 20.4. The van der Waals surface area contributed by atoms with Crippen LogP contribution in [0.5, 0.6) is 0 Å². The van der Waals surface area contributed by atoms with Crippen molar-refractivity contribution in [3.05, 3.63) is 28.8 Å². The Morgan fingerprint density at radius 1 is 1.55 bits per heavy atom. The fourth-order valence-corrected chi connectivity index (χ4v) is 4.30. The Bertz CT molecular complexity index is 876. The number of ether oxygens (including phenoxy) is 1. The average Bonchev–Trinajstić information content (AvgIpc) is 3.30. The van der Waals surface area contributed by atoms with Crippen LogP contribution in [0.4, 0.5) is 4.39 Å². The summed E-state index contributed by atoms with van der Waals surface area (Å²) in [7, 11) is 1.71. The predicted octanol–water partition coefficient (Wildman–Crippen LogP) is 1.15. The van der Waals surface area contributed by atoms with Crippen LogP contribution < -0.4 is 10.6 Å². The molecule has 1 fully saturated rings. The van der Waals surface area contributed by atoms with E-state index in [9.17, 15) is 9.18 Å². The molecule has 1 aromatic rings. The molecule has 3 N–H and O–H groups in total. The summed E-state index contributed by atoms with van der Waals surface area (Å²) in [6.07, 6.45) is 7.38. The first-order chi connectivity index (χ1) is 14.0. The Kier molecular flexibility index (Phi) is 5.60. The standard InChI is InChI=1S/C20H27FN6O2/c1-20(12-29-2)5-3-15-17(7-20)25-26-18(15)19(28)24-14-8-23-27(11-14)10-13-4-6-22-9-16(13)21/h8,10-11,13,16,22H,3-7,9,12H2,1-2H3,(H-,24,25,26,28)/p+1/b27-10-/t13?,16?,20-/m0/s1. The van der Waals surface area contributed by atoms with E-state index in [1.807, 2.05) is 0 Å². The van der Waals surface area contributed by atoms with Gasteiger partial charge < -0.3 is 15.4 Å². The van der Waals surface area contributed by atoms with Gasteiger partial charge in [-0.1, -0.05) is 11.6 Å². The highest BCUT2D eigenvalue weighted by Crippen LogP contribution is 2.35. The van der Waals surface area contributed by atoms with Gasteiger partial charge in [-0.15, -0.1) is 0 Å². The fraction of sp³-hybridized carbons (Fsp3) is 0.600.